The number of carbonyl (C=O) groups is 2. The summed E-state index contributed by atoms with van der Waals surface area (Å²) in [5, 5.41) is 2.34. The van der Waals surface area contributed by atoms with E-state index < -0.39 is 0 Å². The molecule has 0 saturated carbocycles. The minimum Gasteiger partial charge on any atom is -0.337 e. The monoisotopic (exact) mass is 370 g/mol. The van der Waals surface area contributed by atoms with Crippen LogP contribution in [0, 0.1) is 5.92 Å². The number of Topliss-reactive ketones (excluding diaryl/α,β-unsaturated/α-hetero) is 1. The smallest absolute Gasteiger partial charge is 0.272 e. The van der Waals surface area contributed by atoms with Crippen molar-refractivity contribution in [1.82, 2.24) is 9.88 Å². The molecule has 2 aromatic carbocycles. The number of hydrogen-bond acceptors (Lipinski definition) is 3. The molecule has 0 N–H and O–H groups in total. The Morgan fingerprint density at radius 1 is 0.964 bits per heavy atom. The van der Waals surface area contributed by atoms with Gasteiger partial charge in [0.15, 0.2) is 5.78 Å². The van der Waals surface area contributed by atoms with Gasteiger partial charge in [-0.3, -0.25) is 14.6 Å². The molecular formula is C24H22N2O2. The number of hydrogen-bond donors (Lipinski definition) is 0. The SMILES string of the molecule is O=C(c1ccc2c3c(cccc13)CC2)C1CCCN(C(=O)c2ccccn2)C1. The second kappa shape index (κ2) is 6.86. The Balaban J connectivity index is 1.43. The number of rotatable bonds is 3. The van der Waals surface area contributed by atoms with Gasteiger partial charge in [-0.2, -0.15) is 0 Å². The van der Waals surface area contributed by atoms with Gasteiger partial charge < -0.3 is 4.90 Å². The molecule has 4 nitrogen and oxygen atoms in total. The first kappa shape index (κ1) is 17.1. The average molecular weight is 370 g/mol. The second-order valence-corrected chi connectivity index (χ2v) is 7.78. The Morgan fingerprint density at radius 2 is 1.82 bits per heavy atom. The lowest BCUT2D eigenvalue weighted by Gasteiger charge is -2.32. The summed E-state index contributed by atoms with van der Waals surface area (Å²) in [4.78, 5) is 32.1. The van der Waals surface area contributed by atoms with Gasteiger partial charge in [0.05, 0.1) is 0 Å². The van der Waals surface area contributed by atoms with Crippen molar-refractivity contribution in [3.8, 4) is 0 Å². The van der Waals surface area contributed by atoms with E-state index in [2.05, 4.69) is 29.2 Å². The summed E-state index contributed by atoms with van der Waals surface area (Å²) in [6.45, 7) is 1.15. The molecule has 0 spiro atoms. The van der Waals surface area contributed by atoms with Gasteiger partial charge in [0.25, 0.3) is 5.91 Å². The number of amides is 1. The molecule has 1 fully saturated rings. The Labute approximate surface area is 164 Å². The van der Waals surface area contributed by atoms with Crippen molar-refractivity contribution in [2.75, 3.05) is 13.1 Å². The maximum absolute atomic E-state index is 13.4. The molecule has 0 bridgehead atoms. The van der Waals surface area contributed by atoms with E-state index >= 15 is 0 Å². The van der Waals surface area contributed by atoms with Crippen molar-refractivity contribution < 1.29 is 9.59 Å². The van der Waals surface area contributed by atoms with Crippen LogP contribution in [-0.2, 0) is 12.8 Å². The van der Waals surface area contributed by atoms with Crippen molar-refractivity contribution in [3.05, 3.63) is 77.1 Å². The summed E-state index contributed by atoms with van der Waals surface area (Å²) in [7, 11) is 0. The number of carbonyl (C=O) groups excluding carboxylic acids is 2. The summed E-state index contributed by atoms with van der Waals surface area (Å²) in [5.41, 5.74) is 3.94. The first-order chi connectivity index (χ1) is 13.7. The normalized spacial score (nSPS) is 18.4. The zero-order valence-corrected chi connectivity index (χ0v) is 15.7. The number of aryl methyl sites for hydroxylation is 2. The van der Waals surface area contributed by atoms with Crippen molar-refractivity contribution in [1.29, 1.82) is 0 Å². The molecule has 140 valence electrons. The van der Waals surface area contributed by atoms with Gasteiger partial charge in [0, 0.05) is 30.8 Å². The summed E-state index contributed by atoms with van der Waals surface area (Å²) in [6, 6.07) is 15.8. The van der Waals surface area contributed by atoms with E-state index in [0.29, 0.717) is 18.8 Å². The van der Waals surface area contributed by atoms with E-state index in [4.69, 9.17) is 0 Å². The molecule has 1 aliphatic heterocycles. The topological polar surface area (TPSA) is 50.3 Å². The highest BCUT2D eigenvalue weighted by Crippen LogP contribution is 2.34. The number of likely N-dealkylation sites (tertiary alicyclic amines) is 1. The Bertz CT molecular complexity index is 1060. The lowest BCUT2D eigenvalue weighted by atomic mass is 9.87. The number of nitrogens with zero attached hydrogens (tertiary/aromatic N) is 2. The van der Waals surface area contributed by atoms with Crippen LogP contribution in [0.2, 0.25) is 0 Å². The zero-order valence-electron chi connectivity index (χ0n) is 15.7. The summed E-state index contributed by atoms with van der Waals surface area (Å²) in [6.07, 6.45) is 5.41. The van der Waals surface area contributed by atoms with Gasteiger partial charge in [0.2, 0.25) is 0 Å². The zero-order chi connectivity index (χ0) is 19.1. The third kappa shape index (κ3) is 2.80. The molecular weight excluding hydrogens is 348 g/mol. The van der Waals surface area contributed by atoms with Crippen LogP contribution >= 0.6 is 0 Å². The van der Waals surface area contributed by atoms with Gasteiger partial charge in [-0.15, -0.1) is 0 Å². The van der Waals surface area contributed by atoms with Crippen LogP contribution in [0.1, 0.15) is 44.8 Å². The van der Waals surface area contributed by atoms with Crippen LogP contribution in [-0.4, -0.2) is 34.7 Å². The van der Waals surface area contributed by atoms with Crippen LogP contribution in [0.25, 0.3) is 10.8 Å². The van der Waals surface area contributed by atoms with Gasteiger partial charge in [-0.25, -0.2) is 0 Å². The van der Waals surface area contributed by atoms with E-state index in [1.54, 1.807) is 23.2 Å². The third-order valence-electron chi connectivity index (χ3n) is 6.11. The number of benzene rings is 2. The molecule has 1 aromatic heterocycles. The standard InChI is InChI=1S/C24H22N2O2/c27-23(20-12-11-17-10-9-16-5-3-7-19(20)22(16)17)18-6-4-14-26(15-18)24(28)21-8-1-2-13-25-21/h1-3,5,7-8,11-13,18H,4,6,9-10,14-15H2. The van der Waals surface area contributed by atoms with Crippen LogP contribution in [0.5, 0.6) is 0 Å². The molecule has 1 unspecified atom stereocenters. The number of aromatic nitrogens is 1. The van der Waals surface area contributed by atoms with Crippen LogP contribution < -0.4 is 0 Å². The van der Waals surface area contributed by atoms with Crippen molar-refractivity contribution in [3.63, 3.8) is 0 Å². The molecule has 1 saturated heterocycles. The predicted octanol–water partition coefficient (Wildman–Crippen LogP) is 4.07. The van der Waals surface area contributed by atoms with Gasteiger partial charge in [-0.05, 0) is 59.7 Å². The molecule has 3 aromatic rings. The largest absolute Gasteiger partial charge is 0.337 e. The van der Waals surface area contributed by atoms with E-state index in [-0.39, 0.29) is 17.6 Å². The first-order valence-corrected chi connectivity index (χ1v) is 10.0. The number of piperidine rings is 1. The Kier molecular flexibility index (Phi) is 4.19. The highest BCUT2D eigenvalue weighted by molar-refractivity contribution is 6.11. The summed E-state index contributed by atoms with van der Waals surface area (Å²) >= 11 is 0. The van der Waals surface area contributed by atoms with Gasteiger partial charge in [-0.1, -0.05) is 36.4 Å². The summed E-state index contributed by atoms with van der Waals surface area (Å²) < 4.78 is 0. The van der Waals surface area contributed by atoms with Crippen LogP contribution in [0.15, 0.2) is 54.7 Å². The average Bonchev–Trinajstić information content (AvgIpc) is 3.19. The fourth-order valence-corrected chi connectivity index (χ4v) is 4.71. The van der Waals surface area contributed by atoms with E-state index in [1.807, 2.05) is 12.1 Å². The molecule has 1 aliphatic carbocycles. The van der Waals surface area contributed by atoms with E-state index in [0.717, 1.165) is 36.6 Å². The second-order valence-electron chi connectivity index (χ2n) is 7.78. The quantitative estimate of drug-likeness (QED) is 0.653. The molecule has 0 radical (unpaired) electrons. The lowest BCUT2D eigenvalue weighted by Crippen LogP contribution is -2.42. The summed E-state index contributed by atoms with van der Waals surface area (Å²) in [5.74, 6) is -0.0764. The minimum atomic E-state index is -0.153. The highest BCUT2D eigenvalue weighted by Gasteiger charge is 2.31. The molecule has 2 aliphatic rings. The van der Waals surface area contributed by atoms with E-state index in [1.165, 1.54) is 16.5 Å². The van der Waals surface area contributed by atoms with E-state index in [9.17, 15) is 9.59 Å². The van der Waals surface area contributed by atoms with Gasteiger partial charge >= 0.3 is 0 Å². The molecule has 4 heteroatoms. The fourth-order valence-electron chi connectivity index (χ4n) is 4.71. The predicted molar refractivity (Wildman–Crippen MR) is 109 cm³/mol. The third-order valence-corrected chi connectivity index (χ3v) is 6.11. The maximum atomic E-state index is 13.4. The highest BCUT2D eigenvalue weighted by atomic mass is 16.2. The molecule has 2 heterocycles. The van der Waals surface area contributed by atoms with Crippen molar-refractivity contribution in [2.45, 2.75) is 25.7 Å². The fraction of sp³-hybridized carbons (Fsp3) is 0.292. The van der Waals surface area contributed by atoms with Crippen molar-refractivity contribution in [2.24, 2.45) is 5.92 Å². The lowest BCUT2D eigenvalue weighted by molar-refractivity contribution is 0.0632. The first-order valence-electron chi connectivity index (χ1n) is 10.0. The number of pyridine rings is 1. The van der Waals surface area contributed by atoms with Crippen LogP contribution in [0.3, 0.4) is 0 Å². The molecule has 5 rings (SSSR count). The Hall–Kier alpha value is -3.01. The maximum Gasteiger partial charge on any atom is 0.272 e. The number of ketones is 1. The Morgan fingerprint density at radius 3 is 2.64 bits per heavy atom. The minimum absolute atomic E-state index is 0.0847. The van der Waals surface area contributed by atoms with Crippen LogP contribution in [0.4, 0.5) is 0 Å². The molecule has 1 atom stereocenters. The van der Waals surface area contributed by atoms with Crippen molar-refractivity contribution >= 4 is 22.5 Å². The molecule has 28 heavy (non-hydrogen) atoms. The molecule has 1 amide bonds. The van der Waals surface area contributed by atoms with Gasteiger partial charge in [0.1, 0.15) is 5.69 Å².